The Labute approximate surface area is 118 Å². The van der Waals surface area contributed by atoms with Gasteiger partial charge in [-0.15, -0.1) is 0 Å². The maximum Gasteiger partial charge on any atom is 0.295 e. The van der Waals surface area contributed by atoms with E-state index in [2.05, 4.69) is 5.32 Å². The molecule has 1 aromatic carbocycles. The van der Waals surface area contributed by atoms with Crippen LogP contribution >= 0.6 is 0 Å². The summed E-state index contributed by atoms with van der Waals surface area (Å²) in [5.74, 6) is -0.164. The number of hydrogen-bond donors (Lipinski definition) is 1. The van der Waals surface area contributed by atoms with E-state index in [1.54, 1.807) is 29.2 Å². The third-order valence-corrected chi connectivity index (χ3v) is 3.25. The molecule has 5 nitrogen and oxygen atoms in total. The van der Waals surface area contributed by atoms with Crippen LogP contribution in [0, 0.1) is 0 Å². The summed E-state index contributed by atoms with van der Waals surface area (Å²) in [6.07, 6.45) is 0.877. The number of nitrogens with zero attached hydrogens (tertiary/aromatic N) is 1. The fourth-order valence-electron chi connectivity index (χ4n) is 2.19. The van der Waals surface area contributed by atoms with E-state index >= 15 is 0 Å². The average Bonchev–Trinajstić information content (AvgIpc) is 2.76. The van der Waals surface area contributed by atoms with Crippen molar-refractivity contribution >= 4 is 11.7 Å². The molecule has 1 aliphatic rings. The molecule has 1 heterocycles. The number of nitrogens with one attached hydrogen (secondary N) is 1. The summed E-state index contributed by atoms with van der Waals surface area (Å²) in [5, 5.41) is 3.21. The van der Waals surface area contributed by atoms with E-state index in [1.807, 2.05) is 6.92 Å². The third-order valence-electron chi connectivity index (χ3n) is 3.25. The molecule has 1 N–H and O–H groups in total. The normalized spacial score (nSPS) is 15.6. The van der Waals surface area contributed by atoms with Crippen LogP contribution in [0.15, 0.2) is 24.3 Å². The number of carbonyl (C=O) groups excluding carboxylic acids is 2. The molecule has 20 heavy (non-hydrogen) atoms. The minimum absolute atomic E-state index is 0.413. The highest BCUT2D eigenvalue weighted by Crippen LogP contribution is 2.13. The fourth-order valence-corrected chi connectivity index (χ4v) is 2.19. The SMILES string of the molecule is CCOc1ccc(C(=O)C(=O)N2CCCNCC2)cc1. The van der Waals surface area contributed by atoms with Crippen LogP contribution in [0.5, 0.6) is 5.75 Å². The van der Waals surface area contributed by atoms with Crippen LogP contribution in [-0.2, 0) is 4.79 Å². The molecule has 0 radical (unpaired) electrons. The van der Waals surface area contributed by atoms with Gasteiger partial charge in [-0.1, -0.05) is 0 Å². The van der Waals surface area contributed by atoms with Gasteiger partial charge in [0.15, 0.2) is 0 Å². The molecule has 0 spiro atoms. The second-order valence-electron chi connectivity index (χ2n) is 4.68. The molecule has 1 aliphatic heterocycles. The molecular formula is C15H20N2O3. The summed E-state index contributed by atoms with van der Waals surface area (Å²) >= 11 is 0. The van der Waals surface area contributed by atoms with E-state index < -0.39 is 11.7 Å². The van der Waals surface area contributed by atoms with E-state index in [-0.39, 0.29) is 0 Å². The number of Topliss-reactive ketones (excluding diaryl/α,β-unsaturated/α-hetero) is 1. The number of ether oxygens (including phenoxy) is 1. The number of amides is 1. The monoisotopic (exact) mass is 276 g/mol. The Balaban J connectivity index is 2.03. The molecule has 1 aromatic rings. The van der Waals surface area contributed by atoms with Crippen molar-refractivity contribution in [1.82, 2.24) is 10.2 Å². The van der Waals surface area contributed by atoms with E-state index in [1.165, 1.54) is 0 Å². The van der Waals surface area contributed by atoms with Gasteiger partial charge in [0.25, 0.3) is 5.91 Å². The number of ketones is 1. The minimum Gasteiger partial charge on any atom is -0.494 e. The Kier molecular flexibility index (Phi) is 5.12. The summed E-state index contributed by atoms with van der Waals surface area (Å²) in [4.78, 5) is 26.0. The highest BCUT2D eigenvalue weighted by molar-refractivity contribution is 6.42. The maximum absolute atomic E-state index is 12.2. The molecule has 0 unspecified atom stereocenters. The van der Waals surface area contributed by atoms with Gasteiger partial charge in [-0.3, -0.25) is 9.59 Å². The lowest BCUT2D eigenvalue weighted by Crippen LogP contribution is -2.38. The van der Waals surface area contributed by atoms with Crippen molar-refractivity contribution in [1.29, 1.82) is 0 Å². The van der Waals surface area contributed by atoms with E-state index in [0.29, 0.717) is 31.0 Å². The second kappa shape index (κ2) is 7.05. The first kappa shape index (κ1) is 14.5. The number of rotatable bonds is 4. The lowest BCUT2D eigenvalue weighted by atomic mass is 10.1. The van der Waals surface area contributed by atoms with Crippen molar-refractivity contribution in [3.05, 3.63) is 29.8 Å². The fraction of sp³-hybridized carbons (Fsp3) is 0.467. The van der Waals surface area contributed by atoms with Crippen LogP contribution in [0.4, 0.5) is 0 Å². The quantitative estimate of drug-likeness (QED) is 0.660. The first-order valence-electron chi connectivity index (χ1n) is 6.99. The third kappa shape index (κ3) is 3.57. The predicted octanol–water partition coefficient (Wildman–Crippen LogP) is 1.09. The van der Waals surface area contributed by atoms with Crippen molar-refractivity contribution in [2.24, 2.45) is 0 Å². The molecule has 0 bridgehead atoms. The zero-order chi connectivity index (χ0) is 14.4. The van der Waals surface area contributed by atoms with Gasteiger partial charge in [0.05, 0.1) is 6.61 Å². The first-order valence-corrected chi connectivity index (χ1v) is 6.99. The van der Waals surface area contributed by atoms with Crippen molar-refractivity contribution in [3.63, 3.8) is 0 Å². The number of carbonyl (C=O) groups is 2. The topological polar surface area (TPSA) is 58.6 Å². The minimum atomic E-state index is -0.449. The Morgan fingerprint density at radius 3 is 2.65 bits per heavy atom. The molecule has 1 fully saturated rings. The molecule has 0 atom stereocenters. The van der Waals surface area contributed by atoms with Crippen molar-refractivity contribution in [3.8, 4) is 5.75 Å². The summed E-state index contributed by atoms with van der Waals surface area (Å²) in [6.45, 7) is 5.32. The van der Waals surface area contributed by atoms with Crippen LogP contribution in [0.3, 0.4) is 0 Å². The van der Waals surface area contributed by atoms with E-state index in [4.69, 9.17) is 4.74 Å². The standard InChI is InChI=1S/C15H20N2O3/c1-2-20-13-6-4-12(5-7-13)14(18)15(19)17-10-3-8-16-9-11-17/h4-7,16H,2-3,8-11H2,1H3. The Hall–Kier alpha value is -1.88. The molecule has 1 saturated heterocycles. The lowest BCUT2D eigenvalue weighted by Gasteiger charge is -2.18. The van der Waals surface area contributed by atoms with Gasteiger partial charge >= 0.3 is 0 Å². The van der Waals surface area contributed by atoms with Crippen LogP contribution < -0.4 is 10.1 Å². The van der Waals surface area contributed by atoms with Gasteiger partial charge < -0.3 is 15.0 Å². The van der Waals surface area contributed by atoms with Gasteiger partial charge in [-0.25, -0.2) is 0 Å². The predicted molar refractivity (Wildman–Crippen MR) is 76.0 cm³/mol. The Morgan fingerprint density at radius 2 is 1.95 bits per heavy atom. The highest BCUT2D eigenvalue weighted by Gasteiger charge is 2.23. The zero-order valence-corrected chi connectivity index (χ0v) is 11.7. The van der Waals surface area contributed by atoms with Crippen LogP contribution in [0.1, 0.15) is 23.7 Å². The van der Waals surface area contributed by atoms with E-state index in [0.717, 1.165) is 19.5 Å². The first-order chi connectivity index (χ1) is 9.72. The Morgan fingerprint density at radius 1 is 1.20 bits per heavy atom. The number of benzene rings is 1. The molecule has 5 heteroatoms. The average molecular weight is 276 g/mol. The van der Waals surface area contributed by atoms with E-state index in [9.17, 15) is 9.59 Å². The van der Waals surface area contributed by atoms with Crippen LogP contribution in [-0.4, -0.2) is 49.4 Å². The number of hydrogen-bond acceptors (Lipinski definition) is 4. The van der Waals surface area contributed by atoms with Gasteiger partial charge in [-0.2, -0.15) is 0 Å². The summed E-state index contributed by atoms with van der Waals surface area (Å²) in [7, 11) is 0. The molecular weight excluding hydrogens is 256 g/mol. The van der Waals surface area contributed by atoms with Gasteiger partial charge in [-0.05, 0) is 44.2 Å². The van der Waals surface area contributed by atoms with Gasteiger partial charge in [0.1, 0.15) is 5.75 Å². The zero-order valence-electron chi connectivity index (χ0n) is 11.7. The Bertz CT molecular complexity index is 463. The summed E-state index contributed by atoms with van der Waals surface area (Å²) in [5.41, 5.74) is 0.413. The molecule has 0 aromatic heterocycles. The van der Waals surface area contributed by atoms with Crippen LogP contribution in [0.2, 0.25) is 0 Å². The maximum atomic E-state index is 12.2. The summed E-state index contributed by atoms with van der Waals surface area (Å²) in [6, 6.07) is 6.71. The second-order valence-corrected chi connectivity index (χ2v) is 4.68. The van der Waals surface area contributed by atoms with Gasteiger partial charge in [0, 0.05) is 25.2 Å². The lowest BCUT2D eigenvalue weighted by molar-refractivity contribution is -0.126. The van der Waals surface area contributed by atoms with Crippen molar-refractivity contribution in [2.45, 2.75) is 13.3 Å². The molecule has 108 valence electrons. The largest absolute Gasteiger partial charge is 0.494 e. The molecule has 0 saturated carbocycles. The summed E-state index contributed by atoms with van der Waals surface area (Å²) < 4.78 is 5.32. The molecule has 1 amide bonds. The van der Waals surface area contributed by atoms with Gasteiger partial charge in [0.2, 0.25) is 5.78 Å². The molecule has 2 rings (SSSR count). The van der Waals surface area contributed by atoms with Crippen LogP contribution in [0.25, 0.3) is 0 Å². The van der Waals surface area contributed by atoms with Crippen molar-refractivity contribution < 1.29 is 14.3 Å². The molecule has 0 aliphatic carbocycles. The smallest absolute Gasteiger partial charge is 0.295 e. The van der Waals surface area contributed by atoms with Crippen molar-refractivity contribution in [2.75, 3.05) is 32.8 Å². The highest BCUT2D eigenvalue weighted by atomic mass is 16.5.